The number of halogens is 1. The molecule has 0 bridgehead atoms. The van der Waals surface area contributed by atoms with Gasteiger partial charge in [-0.15, -0.1) is 11.3 Å². The molecule has 6 heteroatoms. The molecule has 0 aliphatic heterocycles. The molecule has 2 aromatic rings. The number of likely N-dealkylation sites (N-methyl/N-ethyl adjacent to an activating group) is 1. The normalized spacial score (nSPS) is 11.4. The maximum atomic E-state index is 14.0. The van der Waals surface area contributed by atoms with E-state index in [1.54, 1.807) is 19.2 Å². The van der Waals surface area contributed by atoms with Gasteiger partial charge in [-0.1, -0.05) is 6.07 Å². The molecule has 2 rings (SSSR count). The lowest BCUT2D eigenvalue weighted by Crippen LogP contribution is -2.23. The Balaban J connectivity index is 2.43. The number of benzene rings is 1. The minimum atomic E-state index is -1.01. The first-order valence-electron chi connectivity index (χ1n) is 6.15. The number of carboxylic acid groups (broad SMARTS) is 1. The summed E-state index contributed by atoms with van der Waals surface area (Å²) in [5.41, 5.74) is 0.536. The number of nitrogens with zero attached hydrogens (tertiary/aromatic N) is 1. The Labute approximate surface area is 120 Å². The monoisotopic (exact) mass is 297 g/mol. The van der Waals surface area contributed by atoms with Crippen LogP contribution >= 0.6 is 11.3 Å². The molecule has 108 valence electrons. The lowest BCUT2D eigenvalue weighted by Gasteiger charge is -2.16. The third-order valence-corrected chi connectivity index (χ3v) is 4.25. The first kappa shape index (κ1) is 14.9. The number of aromatic carboxylic acids is 1. The summed E-state index contributed by atoms with van der Waals surface area (Å²) < 4.78 is 19.7. The summed E-state index contributed by atoms with van der Waals surface area (Å²) in [6.45, 7) is 1.58. The molecule has 0 radical (unpaired) electrons. The van der Waals surface area contributed by atoms with Crippen molar-refractivity contribution in [3.05, 3.63) is 34.5 Å². The van der Waals surface area contributed by atoms with E-state index in [-0.39, 0.29) is 10.7 Å². The molecular formula is C14H16FNO3S. The molecule has 1 aromatic heterocycles. The Morgan fingerprint density at radius 1 is 1.50 bits per heavy atom. The van der Waals surface area contributed by atoms with Gasteiger partial charge in [-0.3, -0.25) is 4.90 Å². The van der Waals surface area contributed by atoms with E-state index < -0.39 is 5.97 Å². The van der Waals surface area contributed by atoms with Crippen LogP contribution in [-0.2, 0) is 11.3 Å². The van der Waals surface area contributed by atoms with Crippen LogP contribution in [0.25, 0.3) is 10.1 Å². The van der Waals surface area contributed by atoms with Crippen LogP contribution in [0, 0.1) is 5.82 Å². The molecule has 0 spiro atoms. The predicted octanol–water partition coefficient (Wildman–Crippen LogP) is 2.82. The van der Waals surface area contributed by atoms with Gasteiger partial charge in [-0.2, -0.15) is 0 Å². The second-order valence-corrected chi connectivity index (χ2v) is 5.61. The molecule has 1 aromatic carbocycles. The van der Waals surface area contributed by atoms with E-state index in [1.165, 1.54) is 6.07 Å². The number of carbonyl (C=O) groups is 1. The quantitative estimate of drug-likeness (QED) is 0.891. The van der Waals surface area contributed by atoms with E-state index in [4.69, 9.17) is 4.74 Å². The molecule has 0 atom stereocenters. The Morgan fingerprint density at radius 3 is 2.90 bits per heavy atom. The highest BCUT2D eigenvalue weighted by Crippen LogP contribution is 2.33. The van der Waals surface area contributed by atoms with Gasteiger partial charge in [0.15, 0.2) is 0 Å². The number of thiophene rings is 1. The van der Waals surface area contributed by atoms with E-state index in [0.29, 0.717) is 35.3 Å². The zero-order chi connectivity index (χ0) is 14.7. The number of carboxylic acids is 1. The molecule has 1 heterocycles. The molecule has 1 N–H and O–H groups in total. The molecule has 4 nitrogen and oxygen atoms in total. The number of hydrogen-bond donors (Lipinski definition) is 1. The molecule has 0 amide bonds. The molecule has 0 unspecified atom stereocenters. The molecule has 20 heavy (non-hydrogen) atoms. The Morgan fingerprint density at radius 2 is 2.25 bits per heavy atom. The first-order chi connectivity index (χ1) is 9.54. The minimum Gasteiger partial charge on any atom is -0.477 e. The van der Waals surface area contributed by atoms with Crippen molar-refractivity contribution in [3.63, 3.8) is 0 Å². The lowest BCUT2D eigenvalue weighted by atomic mass is 10.1. The number of rotatable bonds is 6. The lowest BCUT2D eigenvalue weighted by molar-refractivity contribution is 0.0700. The zero-order valence-corrected chi connectivity index (χ0v) is 12.2. The van der Waals surface area contributed by atoms with Crippen molar-refractivity contribution in [1.29, 1.82) is 0 Å². The van der Waals surface area contributed by atoms with E-state index in [1.807, 2.05) is 11.9 Å². The third kappa shape index (κ3) is 2.98. The van der Waals surface area contributed by atoms with Gasteiger partial charge in [0, 0.05) is 35.8 Å². The average molecular weight is 297 g/mol. The molecular weight excluding hydrogens is 281 g/mol. The zero-order valence-electron chi connectivity index (χ0n) is 11.4. The van der Waals surface area contributed by atoms with E-state index in [0.717, 1.165) is 11.3 Å². The Bertz CT molecular complexity index is 626. The standard InChI is InChI=1S/C14H16FNO3S/c1-16(6-7-19-2)8-9-12-10(15)4-3-5-11(12)20-13(9)14(17)18/h3-5H,6-8H2,1-2H3,(H,17,18). The molecule has 0 saturated carbocycles. The van der Waals surface area contributed by atoms with Crippen LogP contribution in [0.3, 0.4) is 0 Å². The maximum Gasteiger partial charge on any atom is 0.346 e. The van der Waals surface area contributed by atoms with Crippen LogP contribution in [0.1, 0.15) is 15.2 Å². The summed E-state index contributed by atoms with van der Waals surface area (Å²) in [5.74, 6) is -1.39. The topological polar surface area (TPSA) is 49.8 Å². The van der Waals surface area contributed by atoms with Gasteiger partial charge in [0.1, 0.15) is 10.7 Å². The van der Waals surface area contributed by atoms with Crippen LogP contribution in [0.4, 0.5) is 4.39 Å². The van der Waals surface area contributed by atoms with Crippen molar-refractivity contribution in [3.8, 4) is 0 Å². The number of hydrogen-bond acceptors (Lipinski definition) is 4. The van der Waals surface area contributed by atoms with Gasteiger partial charge in [0.05, 0.1) is 6.61 Å². The van der Waals surface area contributed by atoms with Crippen molar-refractivity contribution in [2.24, 2.45) is 0 Å². The van der Waals surface area contributed by atoms with Crippen LogP contribution in [0.15, 0.2) is 18.2 Å². The third-order valence-electron chi connectivity index (χ3n) is 3.06. The summed E-state index contributed by atoms with van der Waals surface area (Å²) in [7, 11) is 3.46. The van der Waals surface area contributed by atoms with Crippen molar-refractivity contribution in [2.75, 3.05) is 27.3 Å². The summed E-state index contributed by atoms with van der Waals surface area (Å²) in [5, 5.41) is 9.71. The van der Waals surface area contributed by atoms with Crippen molar-refractivity contribution in [2.45, 2.75) is 6.54 Å². The molecule has 0 aliphatic rings. The van der Waals surface area contributed by atoms with Crippen molar-refractivity contribution in [1.82, 2.24) is 4.90 Å². The highest BCUT2D eigenvalue weighted by atomic mass is 32.1. The van der Waals surface area contributed by atoms with Crippen molar-refractivity contribution >= 4 is 27.4 Å². The highest BCUT2D eigenvalue weighted by molar-refractivity contribution is 7.21. The first-order valence-corrected chi connectivity index (χ1v) is 6.97. The van der Waals surface area contributed by atoms with Crippen LogP contribution < -0.4 is 0 Å². The summed E-state index contributed by atoms with van der Waals surface area (Å²) in [6, 6.07) is 4.70. The van der Waals surface area contributed by atoms with Crippen molar-refractivity contribution < 1.29 is 19.0 Å². The summed E-state index contributed by atoms with van der Waals surface area (Å²) in [4.78, 5) is 13.5. The molecule has 0 fully saturated rings. The fourth-order valence-electron chi connectivity index (χ4n) is 2.09. The van der Waals surface area contributed by atoms with E-state index in [2.05, 4.69) is 0 Å². The summed E-state index contributed by atoms with van der Waals surface area (Å²) in [6.07, 6.45) is 0. The molecule has 0 saturated heterocycles. The van der Waals surface area contributed by atoms with Gasteiger partial charge in [-0.25, -0.2) is 9.18 Å². The van der Waals surface area contributed by atoms with Gasteiger partial charge in [-0.05, 0) is 19.2 Å². The maximum absolute atomic E-state index is 14.0. The fourth-order valence-corrected chi connectivity index (χ4v) is 3.15. The van der Waals surface area contributed by atoms with Gasteiger partial charge >= 0.3 is 5.97 Å². The second-order valence-electron chi connectivity index (χ2n) is 4.56. The van der Waals surface area contributed by atoms with E-state index >= 15 is 0 Å². The average Bonchev–Trinajstić information content (AvgIpc) is 2.77. The SMILES string of the molecule is COCCN(C)Cc1c(C(=O)O)sc2cccc(F)c12. The van der Waals surface area contributed by atoms with Gasteiger partial charge in [0.25, 0.3) is 0 Å². The Kier molecular flexibility index (Phi) is 4.69. The largest absolute Gasteiger partial charge is 0.477 e. The summed E-state index contributed by atoms with van der Waals surface area (Å²) >= 11 is 1.11. The Hall–Kier alpha value is -1.50. The van der Waals surface area contributed by atoms with Gasteiger partial charge in [0.2, 0.25) is 0 Å². The fraction of sp³-hybridized carbons (Fsp3) is 0.357. The number of methoxy groups -OCH3 is 1. The van der Waals surface area contributed by atoms with Gasteiger partial charge < -0.3 is 9.84 Å². The highest BCUT2D eigenvalue weighted by Gasteiger charge is 2.21. The van der Waals surface area contributed by atoms with E-state index in [9.17, 15) is 14.3 Å². The van der Waals surface area contributed by atoms with Crippen LogP contribution in [0.2, 0.25) is 0 Å². The van der Waals surface area contributed by atoms with Crippen LogP contribution in [0.5, 0.6) is 0 Å². The predicted molar refractivity (Wildman–Crippen MR) is 77.0 cm³/mol. The smallest absolute Gasteiger partial charge is 0.346 e. The number of fused-ring (bicyclic) bond motifs is 1. The minimum absolute atomic E-state index is 0.203. The second kappa shape index (κ2) is 6.30. The van der Waals surface area contributed by atoms with Crippen LogP contribution in [-0.4, -0.2) is 43.3 Å². The molecule has 0 aliphatic carbocycles. The number of ether oxygens (including phenoxy) is 1.